The lowest BCUT2D eigenvalue weighted by Crippen LogP contribution is -2.48. The number of carbonyl (C=O) groups excluding carboxylic acids is 1. The van der Waals surface area contributed by atoms with E-state index in [1.165, 1.54) is 11.8 Å². The molecule has 2 aromatic rings. The van der Waals surface area contributed by atoms with Crippen molar-refractivity contribution < 1.29 is 4.79 Å². The van der Waals surface area contributed by atoms with Crippen molar-refractivity contribution >= 4 is 28.1 Å². The molecule has 7 heteroatoms. The van der Waals surface area contributed by atoms with E-state index in [1.54, 1.807) is 11.3 Å². The maximum atomic E-state index is 11.0. The Morgan fingerprint density at radius 2 is 2.04 bits per heavy atom. The van der Waals surface area contributed by atoms with Crippen molar-refractivity contribution in [2.45, 2.75) is 27.3 Å². The maximum Gasteiger partial charge on any atom is 0.223 e. The van der Waals surface area contributed by atoms with Gasteiger partial charge in [0, 0.05) is 67.2 Å². The molecule has 0 atom stereocenters. The molecule has 0 bridgehead atoms. The minimum Gasteiger partial charge on any atom is -0.385 e. The van der Waals surface area contributed by atoms with Gasteiger partial charge in [-0.15, -0.1) is 11.3 Å². The summed E-state index contributed by atoms with van der Waals surface area (Å²) >= 11 is 1.55. The Morgan fingerprint density at radius 1 is 1.33 bits per heavy atom. The van der Waals surface area contributed by atoms with E-state index < -0.39 is 0 Å². The SMILES string of the molecule is CC(=O)Nc1ncc(CN2CC(CNc3cc(C)nc(C)c3)C2)s1. The highest BCUT2D eigenvalue weighted by Gasteiger charge is 2.26. The number of nitrogens with one attached hydrogen (secondary N) is 2. The predicted molar refractivity (Wildman–Crippen MR) is 97.4 cm³/mol. The van der Waals surface area contributed by atoms with E-state index in [9.17, 15) is 4.79 Å². The largest absolute Gasteiger partial charge is 0.385 e. The van der Waals surface area contributed by atoms with Crippen molar-refractivity contribution in [2.24, 2.45) is 5.92 Å². The molecule has 3 heterocycles. The number of nitrogens with zero attached hydrogens (tertiary/aromatic N) is 3. The number of rotatable bonds is 6. The molecule has 1 saturated heterocycles. The minimum atomic E-state index is -0.0763. The molecule has 0 spiro atoms. The van der Waals surface area contributed by atoms with Crippen LogP contribution in [0.4, 0.5) is 10.8 Å². The molecule has 0 saturated carbocycles. The molecule has 1 aliphatic heterocycles. The Labute approximate surface area is 146 Å². The number of thiazole rings is 1. The van der Waals surface area contributed by atoms with Crippen molar-refractivity contribution in [3.8, 4) is 0 Å². The van der Waals surface area contributed by atoms with Crippen molar-refractivity contribution in [1.82, 2.24) is 14.9 Å². The molecule has 0 unspecified atom stereocenters. The first-order valence-electron chi connectivity index (χ1n) is 8.12. The number of aryl methyl sites for hydroxylation is 2. The standard InChI is InChI=1S/C17H23N5OS/c1-11-4-15(5-12(2)20-11)18-6-14-8-22(9-14)10-16-7-19-17(24-16)21-13(3)23/h4-5,7,14H,6,8-10H2,1-3H3,(H,18,20)(H,19,21,23). The Hall–Kier alpha value is -1.99. The summed E-state index contributed by atoms with van der Waals surface area (Å²) in [6.45, 7) is 9.61. The molecule has 0 aromatic carbocycles. The van der Waals surface area contributed by atoms with Gasteiger partial charge < -0.3 is 10.6 Å². The number of anilines is 2. The molecule has 1 amide bonds. The number of amides is 1. The highest BCUT2D eigenvalue weighted by atomic mass is 32.1. The fraction of sp³-hybridized carbons (Fsp3) is 0.471. The number of carbonyl (C=O) groups is 1. The number of hydrogen-bond donors (Lipinski definition) is 2. The third-order valence-corrected chi connectivity index (χ3v) is 4.82. The van der Waals surface area contributed by atoms with Crippen LogP contribution < -0.4 is 10.6 Å². The zero-order valence-corrected chi connectivity index (χ0v) is 15.1. The molecule has 3 rings (SSSR count). The second-order valence-electron chi connectivity index (χ2n) is 6.39. The molecule has 6 nitrogen and oxygen atoms in total. The highest BCUT2D eigenvalue weighted by Crippen LogP contribution is 2.24. The zero-order chi connectivity index (χ0) is 17.1. The molecule has 1 fully saturated rings. The first kappa shape index (κ1) is 16.9. The number of aromatic nitrogens is 2. The smallest absolute Gasteiger partial charge is 0.223 e. The summed E-state index contributed by atoms with van der Waals surface area (Å²) in [6, 6.07) is 4.18. The van der Waals surface area contributed by atoms with Gasteiger partial charge in [0.15, 0.2) is 5.13 Å². The fourth-order valence-corrected chi connectivity index (χ4v) is 3.84. The first-order chi connectivity index (χ1) is 11.5. The van der Waals surface area contributed by atoms with Gasteiger partial charge in [-0.2, -0.15) is 0 Å². The van der Waals surface area contributed by atoms with E-state index in [-0.39, 0.29) is 5.91 Å². The number of likely N-dealkylation sites (tertiary alicyclic amines) is 1. The molecule has 1 aliphatic rings. The lowest BCUT2D eigenvalue weighted by atomic mass is 10.00. The average Bonchev–Trinajstić information content (AvgIpc) is 2.86. The van der Waals surface area contributed by atoms with E-state index in [2.05, 4.69) is 37.6 Å². The summed E-state index contributed by atoms with van der Waals surface area (Å²) in [4.78, 5) is 23.2. The van der Waals surface area contributed by atoms with Crippen LogP contribution in [-0.4, -0.2) is 40.4 Å². The third kappa shape index (κ3) is 4.52. The topological polar surface area (TPSA) is 70.2 Å². The Morgan fingerprint density at radius 3 is 2.71 bits per heavy atom. The molecule has 0 aliphatic carbocycles. The molecule has 2 N–H and O–H groups in total. The first-order valence-corrected chi connectivity index (χ1v) is 8.93. The minimum absolute atomic E-state index is 0.0763. The van der Waals surface area contributed by atoms with Crippen LogP contribution in [0, 0.1) is 19.8 Å². The molecular weight excluding hydrogens is 322 g/mol. The summed E-state index contributed by atoms with van der Waals surface area (Å²) in [5.74, 6) is 0.592. The van der Waals surface area contributed by atoms with E-state index >= 15 is 0 Å². The molecule has 128 valence electrons. The van der Waals surface area contributed by atoms with Crippen LogP contribution in [0.3, 0.4) is 0 Å². The van der Waals surface area contributed by atoms with Gasteiger partial charge in [0.25, 0.3) is 0 Å². The highest BCUT2D eigenvalue weighted by molar-refractivity contribution is 7.15. The number of hydrogen-bond acceptors (Lipinski definition) is 6. The van der Waals surface area contributed by atoms with Crippen LogP contribution in [0.15, 0.2) is 18.3 Å². The molecule has 2 aromatic heterocycles. The van der Waals surface area contributed by atoms with Crippen LogP contribution in [-0.2, 0) is 11.3 Å². The second kappa shape index (κ2) is 7.27. The molecule has 24 heavy (non-hydrogen) atoms. The summed E-state index contributed by atoms with van der Waals surface area (Å²) in [5, 5.41) is 6.92. The van der Waals surface area contributed by atoms with E-state index in [4.69, 9.17) is 0 Å². The van der Waals surface area contributed by atoms with Crippen molar-refractivity contribution in [3.63, 3.8) is 0 Å². The molecular formula is C17H23N5OS. The normalized spacial score (nSPS) is 15.1. The Kier molecular flexibility index (Phi) is 5.11. The summed E-state index contributed by atoms with van der Waals surface area (Å²) in [5.41, 5.74) is 3.25. The fourth-order valence-electron chi connectivity index (χ4n) is 2.94. The second-order valence-corrected chi connectivity index (χ2v) is 7.51. The van der Waals surface area contributed by atoms with Crippen molar-refractivity contribution in [2.75, 3.05) is 30.3 Å². The van der Waals surface area contributed by atoms with E-state index in [0.29, 0.717) is 11.0 Å². The molecule has 0 radical (unpaired) electrons. The maximum absolute atomic E-state index is 11.0. The monoisotopic (exact) mass is 345 g/mol. The lowest BCUT2D eigenvalue weighted by Gasteiger charge is -2.39. The van der Waals surface area contributed by atoms with E-state index in [0.717, 1.165) is 43.3 Å². The van der Waals surface area contributed by atoms with E-state index in [1.807, 2.05) is 20.0 Å². The Balaban J connectivity index is 1.41. The third-order valence-electron chi connectivity index (χ3n) is 3.93. The average molecular weight is 345 g/mol. The van der Waals surface area contributed by atoms with Crippen LogP contribution in [0.2, 0.25) is 0 Å². The summed E-state index contributed by atoms with van der Waals surface area (Å²) in [7, 11) is 0. The lowest BCUT2D eigenvalue weighted by molar-refractivity contribution is -0.114. The van der Waals surface area contributed by atoms with Gasteiger partial charge >= 0.3 is 0 Å². The summed E-state index contributed by atoms with van der Waals surface area (Å²) < 4.78 is 0. The van der Waals surface area contributed by atoms with Gasteiger partial charge in [-0.25, -0.2) is 4.98 Å². The Bertz CT molecular complexity index is 703. The van der Waals surface area contributed by atoms with Gasteiger partial charge in [-0.3, -0.25) is 14.7 Å². The van der Waals surface area contributed by atoms with Gasteiger partial charge in [0.2, 0.25) is 5.91 Å². The van der Waals surface area contributed by atoms with Crippen LogP contribution in [0.25, 0.3) is 0 Å². The number of pyridine rings is 1. The van der Waals surface area contributed by atoms with Crippen LogP contribution in [0.5, 0.6) is 0 Å². The van der Waals surface area contributed by atoms with Crippen LogP contribution >= 0.6 is 11.3 Å². The van der Waals surface area contributed by atoms with Gasteiger partial charge in [-0.1, -0.05) is 0 Å². The summed E-state index contributed by atoms with van der Waals surface area (Å²) in [6.07, 6.45) is 1.85. The quantitative estimate of drug-likeness (QED) is 0.842. The van der Waals surface area contributed by atoms with Crippen molar-refractivity contribution in [3.05, 3.63) is 34.6 Å². The van der Waals surface area contributed by atoms with Crippen LogP contribution in [0.1, 0.15) is 23.2 Å². The zero-order valence-electron chi connectivity index (χ0n) is 14.3. The van der Waals surface area contributed by atoms with Crippen molar-refractivity contribution in [1.29, 1.82) is 0 Å². The predicted octanol–water partition coefficient (Wildman–Crippen LogP) is 2.66. The van der Waals surface area contributed by atoms with Gasteiger partial charge in [0.05, 0.1) is 0 Å². The van der Waals surface area contributed by atoms with Gasteiger partial charge in [-0.05, 0) is 26.0 Å². The van der Waals surface area contributed by atoms with Gasteiger partial charge in [0.1, 0.15) is 0 Å².